The molecule has 9 heteroatoms. The molecule has 2 aliphatic heterocycles. The van der Waals surface area contributed by atoms with Gasteiger partial charge in [0.05, 0.1) is 35.1 Å². The van der Waals surface area contributed by atoms with Crippen LogP contribution in [0.25, 0.3) is 11.3 Å². The van der Waals surface area contributed by atoms with Crippen molar-refractivity contribution < 1.29 is 23.2 Å². The molecule has 0 radical (unpaired) electrons. The Hall–Kier alpha value is -3.72. The Labute approximate surface area is 198 Å². The summed E-state index contributed by atoms with van der Waals surface area (Å²) >= 11 is 5.51. The van der Waals surface area contributed by atoms with Crippen LogP contribution in [0.2, 0.25) is 0 Å². The van der Waals surface area contributed by atoms with E-state index in [0.29, 0.717) is 35.3 Å². The third kappa shape index (κ3) is 3.27. The van der Waals surface area contributed by atoms with Crippen molar-refractivity contribution in [3.05, 3.63) is 74.3 Å². The molecule has 3 aromatic rings. The minimum absolute atomic E-state index is 0.000400. The van der Waals surface area contributed by atoms with E-state index in [0.717, 1.165) is 10.5 Å². The van der Waals surface area contributed by atoms with Crippen LogP contribution in [0.15, 0.2) is 47.3 Å². The molecular formula is C24H21N3O5S. The molecule has 8 nitrogen and oxygen atoms in total. The fraction of sp³-hybridized carbons (Fsp3) is 0.250. The lowest BCUT2D eigenvalue weighted by atomic mass is 9.97. The first-order valence-corrected chi connectivity index (χ1v) is 10.7. The molecule has 2 aliphatic rings. The zero-order valence-electron chi connectivity index (χ0n) is 20.7. The summed E-state index contributed by atoms with van der Waals surface area (Å²) in [4.78, 5) is 39.9. The third-order valence-corrected chi connectivity index (χ3v) is 6.42. The standard InChI is InChI=1S/C24H21N3O5S/c1-31-19-11-14-7-8-25-18(17(14)12-20(19)32-2)13-21(33)26(24(25)30)9-10-27-22(28)15-5-3-4-6-16(15)23(27)29/h3-6,11-13H,7-10H2,1-2H3/i2D3. The Balaban J connectivity index is 1.48. The van der Waals surface area contributed by atoms with Crippen molar-refractivity contribution in [2.24, 2.45) is 0 Å². The summed E-state index contributed by atoms with van der Waals surface area (Å²) in [7, 11) is -1.25. The molecule has 0 aliphatic carbocycles. The summed E-state index contributed by atoms with van der Waals surface area (Å²) in [5.74, 6) is -0.480. The summed E-state index contributed by atoms with van der Waals surface area (Å²) in [6, 6.07) is 11.5. The van der Waals surface area contributed by atoms with Gasteiger partial charge in [0.2, 0.25) is 0 Å². The van der Waals surface area contributed by atoms with Crippen LogP contribution >= 0.6 is 12.2 Å². The number of rotatable bonds is 5. The predicted octanol–water partition coefficient (Wildman–Crippen LogP) is 2.92. The maximum absolute atomic E-state index is 13.4. The average Bonchev–Trinajstić information content (AvgIpc) is 3.07. The van der Waals surface area contributed by atoms with Crippen molar-refractivity contribution in [1.29, 1.82) is 0 Å². The number of hydrogen-bond donors (Lipinski definition) is 0. The van der Waals surface area contributed by atoms with Crippen LogP contribution < -0.4 is 15.2 Å². The second-order valence-electron chi connectivity index (χ2n) is 7.77. The highest BCUT2D eigenvalue weighted by molar-refractivity contribution is 7.71. The molecule has 33 heavy (non-hydrogen) atoms. The van der Waals surface area contributed by atoms with Crippen LogP contribution in [0.1, 0.15) is 30.4 Å². The van der Waals surface area contributed by atoms with Crippen LogP contribution in [0.5, 0.6) is 11.5 Å². The molecule has 0 saturated heterocycles. The average molecular weight is 467 g/mol. The van der Waals surface area contributed by atoms with Crippen molar-refractivity contribution >= 4 is 24.0 Å². The van der Waals surface area contributed by atoms with E-state index < -0.39 is 18.9 Å². The molecule has 168 valence electrons. The maximum atomic E-state index is 13.4. The first-order chi connectivity index (χ1) is 17.1. The maximum Gasteiger partial charge on any atom is 0.329 e. The normalized spacial score (nSPS) is 15.8. The van der Waals surface area contributed by atoms with E-state index >= 15 is 0 Å². The smallest absolute Gasteiger partial charge is 0.329 e. The molecule has 2 aromatic carbocycles. The highest BCUT2D eigenvalue weighted by Crippen LogP contribution is 2.37. The van der Waals surface area contributed by atoms with Crippen LogP contribution in [0.3, 0.4) is 0 Å². The second-order valence-corrected chi connectivity index (χ2v) is 8.19. The number of aromatic nitrogens is 2. The lowest BCUT2D eigenvalue weighted by Crippen LogP contribution is -2.39. The number of carbonyl (C=O) groups excluding carboxylic acids is 2. The molecule has 0 atom stereocenters. The van der Waals surface area contributed by atoms with E-state index in [-0.39, 0.29) is 34.9 Å². The number of imide groups is 1. The van der Waals surface area contributed by atoms with Gasteiger partial charge in [0, 0.05) is 25.2 Å². The molecule has 0 bridgehead atoms. The predicted molar refractivity (Wildman–Crippen MR) is 124 cm³/mol. The Morgan fingerprint density at radius 1 is 0.970 bits per heavy atom. The summed E-state index contributed by atoms with van der Waals surface area (Å²) in [5, 5.41) is 0. The number of ether oxygens (including phenoxy) is 2. The van der Waals surface area contributed by atoms with Gasteiger partial charge in [-0.1, -0.05) is 24.4 Å². The molecule has 0 fully saturated rings. The lowest BCUT2D eigenvalue weighted by Gasteiger charge is -2.24. The summed E-state index contributed by atoms with van der Waals surface area (Å²) < 4.78 is 35.9. The number of carbonyl (C=O) groups is 2. The number of amides is 2. The fourth-order valence-electron chi connectivity index (χ4n) is 4.42. The summed E-state index contributed by atoms with van der Waals surface area (Å²) in [5.41, 5.74) is 2.32. The van der Waals surface area contributed by atoms with Gasteiger partial charge in [-0.25, -0.2) is 4.79 Å². The number of methoxy groups -OCH3 is 2. The number of nitrogens with zero attached hydrogens (tertiary/aromatic N) is 3. The van der Waals surface area contributed by atoms with Crippen molar-refractivity contribution in [3.63, 3.8) is 0 Å². The van der Waals surface area contributed by atoms with Gasteiger partial charge < -0.3 is 9.47 Å². The molecule has 0 unspecified atom stereocenters. The quantitative estimate of drug-likeness (QED) is 0.425. The van der Waals surface area contributed by atoms with Crippen LogP contribution in [0.4, 0.5) is 0 Å². The lowest BCUT2D eigenvalue weighted by molar-refractivity contribution is 0.0648. The van der Waals surface area contributed by atoms with Crippen molar-refractivity contribution in [2.75, 3.05) is 20.7 Å². The summed E-state index contributed by atoms with van der Waals surface area (Å²) in [6.45, 7) is 0.415. The van der Waals surface area contributed by atoms with Crippen molar-refractivity contribution in [3.8, 4) is 22.8 Å². The van der Waals surface area contributed by atoms with E-state index in [2.05, 4.69) is 0 Å². The molecule has 0 spiro atoms. The van der Waals surface area contributed by atoms with Crippen molar-refractivity contribution in [2.45, 2.75) is 19.5 Å². The molecule has 2 amide bonds. The Morgan fingerprint density at radius 3 is 2.33 bits per heavy atom. The minimum Gasteiger partial charge on any atom is -0.493 e. The number of fused-ring (bicyclic) bond motifs is 4. The second kappa shape index (κ2) is 8.00. The topological polar surface area (TPSA) is 82.8 Å². The Bertz CT molecular complexity index is 1510. The monoisotopic (exact) mass is 466 g/mol. The van der Waals surface area contributed by atoms with Gasteiger partial charge in [0.15, 0.2) is 11.5 Å². The highest BCUT2D eigenvalue weighted by atomic mass is 32.1. The van der Waals surface area contributed by atoms with Crippen LogP contribution in [0, 0.1) is 4.64 Å². The van der Waals surface area contributed by atoms with E-state index in [1.54, 1.807) is 47.0 Å². The first kappa shape index (κ1) is 17.8. The molecule has 0 N–H and O–H groups in total. The van der Waals surface area contributed by atoms with Crippen molar-refractivity contribution in [1.82, 2.24) is 14.0 Å². The summed E-state index contributed by atoms with van der Waals surface area (Å²) in [6.07, 6.45) is 0.502. The van der Waals surface area contributed by atoms with E-state index in [4.69, 9.17) is 25.8 Å². The number of aryl methyl sites for hydroxylation is 1. The number of benzene rings is 2. The van der Waals surface area contributed by atoms with E-state index in [1.165, 1.54) is 11.7 Å². The zero-order chi connectivity index (χ0) is 25.8. The zero-order valence-corrected chi connectivity index (χ0v) is 18.5. The molecule has 1 aromatic heterocycles. The van der Waals surface area contributed by atoms with E-state index in [9.17, 15) is 14.4 Å². The van der Waals surface area contributed by atoms with E-state index in [1.807, 2.05) is 0 Å². The van der Waals surface area contributed by atoms with Gasteiger partial charge >= 0.3 is 5.69 Å². The SMILES string of the molecule is [2H]C([2H])([2H])Oc1cc2c(cc1OC)CCn1c-2cc(=S)n(CCN2C(=O)c3ccccc3C2=O)c1=O. The van der Waals surface area contributed by atoms with Gasteiger partial charge in [-0.05, 0) is 42.3 Å². The molecule has 0 saturated carbocycles. The van der Waals surface area contributed by atoms with Crippen LogP contribution in [-0.2, 0) is 19.5 Å². The minimum atomic E-state index is -2.68. The Kier molecular flexibility index (Phi) is 4.31. The highest BCUT2D eigenvalue weighted by Gasteiger charge is 2.35. The third-order valence-electron chi connectivity index (χ3n) is 6.08. The van der Waals surface area contributed by atoms with Gasteiger partial charge in [-0.3, -0.25) is 23.6 Å². The molecular weight excluding hydrogens is 442 g/mol. The van der Waals surface area contributed by atoms with Gasteiger partial charge in [0.25, 0.3) is 11.8 Å². The first-order valence-electron chi connectivity index (χ1n) is 11.8. The number of hydrogen-bond acceptors (Lipinski definition) is 6. The fourth-order valence-corrected chi connectivity index (χ4v) is 4.70. The largest absolute Gasteiger partial charge is 0.493 e. The van der Waals surface area contributed by atoms with Gasteiger partial charge in [-0.2, -0.15) is 0 Å². The molecule has 5 rings (SSSR count). The van der Waals surface area contributed by atoms with Gasteiger partial charge in [0.1, 0.15) is 4.64 Å². The van der Waals surface area contributed by atoms with Gasteiger partial charge in [-0.15, -0.1) is 0 Å². The Morgan fingerprint density at radius 2 is 1.67 bits per heavy atom. The molecule has 3 heterocycles. The van der Waals surface area contributed by atoms with Crippen LogP contribution in [-0.4, -0.2) is 46.5 Å².